The highest BCUT2D eigenvalue weighted by atomic mass is 16.3. The van der Waals surface area contributed by atoms with Gasteiger partial charge in [0.1, 0.15) is 11.5 Å². The van der Waals surface area contributed by atoms with Crippen LogP contribution in [-0.4, -0.2) is 25.2 Å². The summed E-state index contributed by atoms with van der Waals surface area (Å²) in [5, 5.41) is 10.6. The van der Waals surface area contributed by atoms with Crippen LogP contribution in [0.1, 0.15) is 11.5 Å². The summed E-state index contributed by atoms with van der Waals surface area (Å²) in [6.45, 7) is 2.25. The predicted molar refractivity (Wildman–Crippen MR) is 42.6 cm³/mol. The lowest BCUT2D eigenvalue weighted by Crippen LogP contribution is -2.07. The Kier molecular flexibility index (Phi) is 1.69. The predicted octanol–water partition coefficient (Wildman–Crippen LogP) is -0.400. The fourth-order valence-corrected chi connectivity index (χ4v) is 0.946. The highest BCUT2D eigenvalue weighted by Gasteiger charge is 2.07. The second-order valence-electron chi connectivity index (χ2n) is 2.55. The van der Waals surface area contributed by atoms with Crippen molar-refractivity contribution in [1.29, 1.82) is 0 Å². The van der Waals surface area contributed by atoms with E-state index < -0.39 is 0 Å². The molecule has 0 aliphatic rings. The Morgan fingerprint density at radius 2 is 2.46 bits per heavy atom. The van der Waals surface area contributed by atoms with Crippen molar-refractivity contribution in [2.24, 2.45) is 0 Å². The van der Waals surface area contributed by atoms with E-state index in [1.54, 1.807) is 0 Å². The van der Waals surface area contributed by atoms with Gasteiger partial charge >= 0.3 is 0 Å². The van der Waals surface area contributed by atoms with Gasteiger partial charge in [0.15, 0.2) is 6.39 Å². The normalized spacial score (nSPS) is 10.5. The third kappa shape index (κ3) is 1.35. The van der Waals surface area contributed by atoms with E-state index in [1.165, 1.54) is 11.1 Å². The monoisotopic (exact) mass is 180 g/mol. The summed E-state index contributed by atoms with van der Waals surface area (Å²) in [6, 6.07) is 0. The van der Waals surface area contributed by atoms with Gasteiger partial charge in [-0.15, -0.1) is 0 Å². The summed E-state index contributed by atoms with van der Waals surface area (Å²) in [4.78, 5) is 3.99. The molecule has 68 valence electrons. The molecule has 0 bridgehead atoms. The molecule has 0 saturated heterocycles. The largest absolute Gasteiger partial charge is 0.448 e. The molecule has 2 heterocycles. The Bertz CT molecular complexity index is 366. The average molecular weight is 180 g/mol. The van der Waals surface area contributed by atoms with Crippen molar-refractivity contribution in [3.63, 3.8) is 0 Å². The maximum Gasteiger partial charge on any atom is 0.240 e. The van der Waals surface area contributed by atoms with E-state index in [0.29, 0.717) is 6.54 Å². The highest BCUT2D eigenvalue weighted by Crippen LogP contribution is 2.06. The molecule has 0 aliphatic carbocycles. The minimum Gasteiger partial charge on any atom is -0.448 e. The number of tetrazole rings is 1. The first-order valence-corrected chi connectivity index (χ1v) is 3.68. The molecular formula is C6H8N6O. The topological polar surface area (TPSA) is 95.6 Å². The van der Waals surface area contributed by atoms with Crippen LogP contribution in [0.3, 0.4) is 0 Å². The first kappa shape index (κ1) is 7.71. The van der Waals surface area contributed by atoms with Crippen molar-refractivity contribution in [3.05, 3.63) is 17.8 Å². The van der Waals surface area contributed by atoms with Crippen LogP contribution in [0.5, 0.6) is 0 Å². The number of anilines is 1. The summed E-state index contributed by atoms with van der Waals surface area (Å²) in [6.07, 6.45) is 1.38. The zero-order chi connectivity index (χ0) is 9.26. The molecule has 0 saturated carbocycles. The molecule has 0 fully saturated rings. The molecule has 7 nitrogen and oxygen atoms in total. The summed E-state index contributed by atoms with van der Waals surface area (Å²) >= 11 is 0. The lowest BCUT2D eigenvalue weighted by molar-refractivity contribution is 0.521. The molecule has 0 atom stereocenters. The second kappa shape index (κ2) is 2.85. The molecule has 7 heteroatoms. The van der Waals surface area contributed by atoms with Gasteiger partial charge in [-0.1, -0.05) is 5.10 Å². The number of nitrogen functional groups attached to an aromatic ring is 1. The summed E-state index contributed by atoms with van der Waals surface area (Å²) in [5.74, 6) is 1.01. The van der Waals surface area contributed by atoms with Gasteiger partial charge < -0.3 is 10.2 Å². The number of hydrogen-bond acceptors (Lipinski definition) is 6. The fourth-order valence-electron chi connectivity index (χ4n) is 0.946. The minimum atomic E-state index is 0.266. The van der Waals surface area contributed by atoms with Crippen molar-refractivity contribution in [1.82, 2.24) is 25.2 Å². The maximum atomic E-state index is 5.48. The van der Waals surface area contributed by atoms with Crippen molar-refractivity contribution >= 4 is 5.95 Å². The molecule has 0 spiro atoms. The number of oxazole rings is 1. The minimum absolute atomic E-state index is 0.266. The second-order valence-corrected chi connectivity index (χ2v) is 2.55. The number of aromatic nitrogens is 5. The van der Waals surface area contributed by atoms with Crippen molar-refractivity contribution in [2.75, 3.05) is 5.73 Å². The van der Waals surface area contributed by atoms with Gasteiger partial charge in [0.25, 0.3) is 0 Å². The molecule has 0 unspecified atom stereocenters. The van der Waals surface area contributed by atoms with Crippen LogP contribution in [0.2, 0.25) is 0 Å². The van der Waals surface area contributed by atoms with Crippen LogP contribution in [0.25, 0.3) is 0 Å². The van der Waals surface area contributed by atoms with Gasteiger partial charge in [0, 0.05) is 0 Å². The zero-order valence-corrected chi connectivity index (χ0v) is 7.01. The molecule has 0 aromatic carbocycles. The van der Waals surface area contributed by atoms with Crippen LogP contribution >= 0.6 is 0 Å². The number of aryl methyl sites for hydroxylation is 1. The first-order chi connectivity index (χ1) is 6.27. The molecule has 13 heavy (non-hydrogen) atoms. The fraction of sp³-hybridized carbons (Fsp3) is 0.333. The average Bonchev–Trinajstić information content (AvgIpc) is 2.65. The van der Waals surface area contributed by atoms with Crippen LogP contribution in [-0.2, 0) is 6.54 Å². The molecule has 0 radical (unpaired) electrons. The van der Waals surface area contributed by atoms with E-state index in [0.717, 1.165) is 11.5 Å². The van der Waals surface area contributed by atoms with E-state index in [4.69, 9.17) is 10.2 Å². The Morgan fingerprint density at radius 1 is 1.62 bits per heavy atom. The van der Waals surface area contributed by atoms with Gasteiger partial charge in [-0.05, 0) is 17.4 Å². The number of hydrogen-bond donors (Lipinski definition) is 1. The van der Waals surface area contributed by atoms with Gasteiger partial charge in [0.05, 0.1) is 6.54 Å². The van der Waals surface area contributed by atoms with Crippen LogP contribution in [0.15, 0.2) is 10.8 Å². The van der Waals surface area contributed by atoms with Gasteiger partial charge in [-0.25, -0.2) is 9.67 Å². The zero-order valence-electron chi connectivity index (χ0n) is 7.01. The maximum absolute atomic E-state index is 5.48. The standard InChI is InChI=1S/C6H8N6O/c1-4-5(8-3-13-4)2-12-6(7)9-10-11-12/h3H,2H2,1H3,(H2,7,9,11). The van der Waals surface area contributed by atoms with Crippen LogP contribution in [0, 0.1) is 6.92 Å². The molecule has 2 rings (SSSR count). The van der Waals surface area contributed by atoms with Crippen molar-refractivity contribution in [2.45, 2.75) is 13.5 Å². The lowest BCUT2D eigenvalue weighted by Gasteiger charge is -1.97. The van der Waals surface area contributed by atoms with Gasteiger partial charge in [-0.3, -0.25) is 0 Å². The van der Waals surface area contributed by atoms with Crippen LogP contribution in [0.4, 0.5) is 5.95 Å². The Hall–Kier alpha value is -1.92. The van der Waals surface area contributed by atoms with E-state index in [1.807, 2.05) is 6.92 Å². The summed E-state index contributed by atoms with van der Waals surface area (Å²) in [7, 11) is 0. The van der Waals surface area contributed by atoms with Crippen molar-refractivity contribution < 1.29 is 4.42 Å². The Balaban J connectivity index is 2.24. The Morgan fingerprint density at radius 3 is 3.00 bits per heavy atom. The summed E-state index contributed by atoms with van der Waals surface area (Å²) in [5.41, 5.74) is 6.25. The van der Waals surface area contributed by atoms with E-state index in [2.05, 4.69) is 20.5 Å². The van der Waals surface area contributed by atoms with E-state index >= 15 is 0 Å². The van der Waals surface area contributed by atoms with Gasteiger partial charge in [-0.2, -0.15) is 0 Å². The molecule has 2 N–H and O–H groups in total. The van der Waals surface area contributed by atoms with Crippen LogP contribution < -0.4 is 5.73 Å². The molecule has 2 aromatic heterocycles. The van der Waals surface area contributed by atoms with Gasteiger partial charge in [0.2, 0.25) is 5.95 Å². The van der Waals surface area contributed by atoms with E-state index in [-0.39, 0.29) is 5.95 Å². The molecule has 0 aliphatic heterocycles. The third-order valence-corrected chi connectivity index (χ3v) is 1.70. The molecular weight excluding hydrogens is 172 g/mol. The number of rotatable bonds is 2. The number of nitrogens with two attached hydrogens (primary N) is 1. The molecule has 0 amide bonds. The van der Waals surface area contributed by atoms with Crippen molar-refractivity contribution in [3.8, 4) is 0 Å². The molecule has 2 aromatic rings. The SMILES string of the molecule is Cc1ocnc1Cn1nnnc1N. The third-order valence-electron chi connectivity index (χ3n) is 1.70. The first-order valence-electron chi connectivity index (χ1n) is 3.68. The highest BCUT2D eigenvalue weighted by molar-refractivity contribution is 5.14. The quantitative estimate of drug-likeness (QED) is 0.675. The lowest BCUT2D eigenvalue weighted by atomic mass is 10.4. The number of nitrogens with zero attached hydrogens (tertiary/aromatic N) is 5. The summed E-state index contributed by atoms with van der Waals surface area (Å²) < 4.78 is 6.47. The van der Waals surface area contributed by atoms with E-state index in [9.17, 15) is 0 Å². The Labute approximate surface area is 73.6 Å². The smallest absolute Gasteiger partial charge is 0.240 e.